The molecule has 1 aromatic carbocycles. The third-order valence-corrected chi connectivity index (χ3v) is 3.29. The van der Waals surface area contributed by atoms with Crippen molar-refractivity contribution in [3.8, 4) is 5.75 Å². The number of rotatable bonds is 6. The molecule has 1 heterocycles. The van der Waals surface area contributed by atoms with Crippen molar-refractivity contribution in [2.75, 3.05) is 6.61 Å². The number of hydrogen-bond acceptors (Lipinski definition) is 3. The van der Waals surface area contributed by atoms with E-state index in [1.165, 1.54) is 0 Å². The molecule has 0 spiro atoms. The molecule has 0 amide bonds. The fourth-order valence-corrected chi connectivity index (χ4v) is 2.11. The Bertz CT molecular complexity index is 639. The predicted octanol–water partition coefficient (Wildman–Crippen LogP) is 3.51. The first-order valence-corrected chi connectivity index (χ1v) is 7.13. The smallest absolute Gasteiger partial charge is 0.189 e. The molecule has 2 aromatic rings. The number of benzene rings is 1. The van der Waals surface area contributed by atoms with E-state index in [1.54, 1.807) is 18.3 Å². The first-order valence-electron chi connectivity index (χ1n) is 7.13. The largest absolute Gasteiger partial charge is 0.494 e. The van der Waals surface area contributed by atoms with Crippen LogP contribution in [0.2, 0.25) is 0 Å². The highest BCUT2D eigenvalue weighted by molar-refractivity contribution is 6.07. The van der Waals surface area contributed by atoms with Crippen LogP contribution in [0.1, 0.15) is 35.5 Å². The molecule has 110 valence electrons. The Hall–Kier alpha value is -2.36. The number of carbonyl (C=O) groups excluding carboxylic acids is 1. The van der Waals surface area contributed by atoms with Gasteiger partial charge in [-0.25, -0.2) is 0 Å². The van der Waals surface area contributed by atoms with Crippen LogP contribution in [0.5, 0.6) is 5.75 Å². The van der Waals surface area contributed by atoms with Crippen molar-refractivity contribution < 1.29 is 9.53 Å². The lowest BCUT2D eigenvalue weighted by molar-refractivity contribution is 0.104. The van der Waals surface area contributed by atoms with Gasteiger partial charge in [-0.2, -0.15) is 5.10 Å². The monoisotopic (exact) mass is 284 g/mol. The van der Waals surface area contributed by atoms with E-state index < -0.39 is 0 Å². The minimum atomic E-state index is -0.0268. The van der Waals surface area contributed by atoms with Crippen LogP contribution in [-0.2, 0) is 6.54 Å². The SMILES string of the molecule is CCOc1ccc(C=CC(=O)c2cnn(CC)c2C)cc1. The van der Waals surface area contributed by atoms with Crippen molar-refractivity contribution in [3.05, 3.63) is 53.4 Å². The molecule has 0 atom stereocenters. The van der Waals surface area contributed by atoms with Crippen molar-refractivity contribution >= 4 is 11.9 Å². The molecule has 0 aliphatic carbocycles. The number of nitrogens with zero attached hydrogens (tertiary/aromatic N) is 2. The quantitative estimate of drug-likeness (QED) is 0.602. The summed E-state index contributed by atoms with van der Waals surface area (Å²) in [5.41, 5.74) is 2.52. The maximum atomic E-state index is 12.2. The van der Waals surface area contributed by atoms with Gasteiger partial charge >= 0.3 is 0 Å². The Balaban J connectivity index is 2.09. The van der Waals surface area contributed by atoms with Crippen LogP contribution in [0, 0.1) is 6.92 Å². The van der Waals surface area contributed by atoms with Gasteiger partial charge in [-0.15, -0.1) is 0 Å². The fourth-order valence-electron chi connectivity index (χ4n) is 2.11. The van der Waals surface area contributed by atoms with Gasteiger partial charge < -0.3 is 4.74 Å². The topological polar surface area (TPSA) is 44.1 Å². The summed E-state index contributed by atoms with van der Waals surface area (Å²) in [5.74, 6) is 0.808. The number of ketones is 1. The molecular weight excluding hydrogens is 264 g/mol. The van der Waals surface area contributed by atoms with Crippen molar-refractivity contribution in [2.45, 2.75) is 27.3 Å². The van der Waals surface area contributed by atoms with Crippen LogP contribution in [0.4, 0.5) is 0 Å². The Morgan fingerprint density at radius 3 is 2.57 bits per heavy atom. The van der Waals surface area contributed by atoms with Crippen molar-refractivity contribution in [3.63, 3.8) is 0 Å². The van der Waals surface area contributed by atoms with Crippen molar-refractivity contribution in [1.82, 2.24) is 9.78 Å². The van der Waals surface area contributed by atoms with E-state index >= 15 is 0 Å². The minimum absolute atomic E-state index is 0.0268. The van der Waals surface area contributed by atoms with E-state index in [1.807, 2.05) is 49.7 Å². The van der Waals surface area contributed by atoms with E-state index in [2.05, 4.69) is 5.10 Å². The van der Waals surface area contributed by atoms with Crippen molar-refractivity contribution in [1.29, 1.82) is 0 Å². The maximum absolute atomic E-state index is 12.2. The first-order chi connectivity index (χ1) is 10.2. The zero-order valence-electron chi connectivity index (χ0n) is 12.7. The average molecular weight is 284 g/mol. The molecule has 0 fully saturated rings. The summed E-state index contributed by atoms with van der Waals surface area (Å²) in [5, 5.41) is 4.19. The first kappa shape index (κ1) is 15.0. The lowest BCUT2D eigenvalue weighted by Crippen LogP contribution is -2.01. The second-order valence-electron chi connectivity index (χ2n) is 4.66. The van der Waals surface area contributed by atoms with Gasteiger partial charge in [-0.05, 0) is 44.5 Å². The molecule has 4 heteroatoms. The predicted molar refractivity (Wildman–Crippen MR) is 83.6 cm³/mol. The number of hydrogen-bond donors (Lipinski definition) is 0. The summed E-state index contributed by atoms with van der Waals surface area (Å²) >= 11 is 0. The Labute approximate surface area is 125 Å². The van der Waals surface area contributed by atoms with Gasteiger partial charge in [0.2, 0.25) is 0 Å². The third-order valence-electron chi connectivity index (χ3n) is 3.29. The average Bonchev–Trinajstić information content (AvgIpc) is 2.87. The highest BCUT2D eigenvalue weighted by Crippen LogP contribution is 2.14. The molecule has 0 aliphatic rings. The van der Waals surface area contributed by atoms with Crippen LogP contribution in [0.15, 0.2) is 36.5 Å². The van der Waals surface area contributed by atoms with E-state index in [0.717, 1.165) is 23.6 Å². The number of aryl methyl sites for hydroxylation is 1. The van der Waals surface area contributed by atoms with E-state index in [4.69, 9.17) is 4.74 Å². The van der Waals surface area contributed by atoms with Gasteiger partial charge in [0.1, 0.15) is 5.75 Å². The molecule has 0 bridgehead atoms. The van der Waals surface area contributed by atoms with Gasteiger partial charge in [0.15, 0.2) is 5.78 Å². The summed E-state index contributed by atoms with van der Waals surface area (Å²) in [6.07, 6.45) is 5.02. The Kier molecular flexibility index (Phi) is 4.93. The van der Waals surface area contributed by atoms with E-state index in [9.17, 15) is 4.79 Å². The highest BCUT2D eigenvalue weighted by atomic mass is 16.5. The fraction of sp³-hybridized carbons (Fsp3) is 0.294. The summed E-state index contributed by atoms with van der Waals surface area (Å²) < 4.78 is 7.20. The summed E-state index contributed by atoms with van der Waals surface area (Å²) in [6, 6.07) is 7.65. The number of carbonyl (C=O) groups is 1. The standard InChI is InChI=1S/C17H20N2O2/c1-4-19-13(3)16(12-18-19)17(20)11-8-14-6-9-15(10-7-14)21-5-2/h6-12H,4-5H2,1-3H3. The van der Waals surface area contributed by atoms with E-state index in [-0.39, 0.29) is 5.78 Å². The second kappa shape index (κ2) is 6.88. The molecule has 0 aliphatic heterocycles. The zero-order valence-corrected chi connectivity index (χ0v) is 12.7. The van der Waals surface area contributed by atoms with Gasteiger partial charge in [-0.1, -0.05) is 18.2 Å². The Morgan fingerprint density at radius 1 is 1.29 bits per heavy atom. The summed E-state index contributed by atoms with van der Waals surface area (Å²) in [4.78, 5) is 12.2. The second-order valence-corrected chi connectivity index (χ2v) is 4.66. The number of allylic oxidation sites excluding steroid dienone is 1. The van der Waals surface area contributed by atoms with Crippen LogP contribution in [0.3, 0.4) is 0 Å². The molecule has 21 heavy (non-hydrogen) atoms. The summed E-state index contributed by atoms with van der Waals surface area (Å²) in [7, 11) is 0. The molecule has 4 nitrogen and oxygen atoms in total. The van der Waals surface area contributed by atoms with Gasteiger partial charge in [0, 0.05) is 12.2 Å². The minimum Gasteiger partial charge on any atom is -0.494 e. The van der Waals surface area contributed by atoms with Crippen LogP contribution in [0.25, 0.3) is 6.08 Å². The lowest BCUT2D eigenvalue weighted by atomic mass is 10.1. The molecule has 0 N–H and O–H groups in total. The molecule has 0 radical (unpaired) electrons. The van der Waals surface area contributed by atoms with Crippen LogP contribution in [-0.4, -0.2) is 22.2 Å². The van der Waals surface area contributed by atoms with Gasteiger partial charge in [0.25, 0.3) is 0 Å². The summed E-state index contributed by atoms with van der Waals surface area (Å²) in [6.45, 7) is 7.28. The van der Waals surface area contributed by atoms with Crippen LogP contribution < -0.4 is 4.74 Å². The normalized spacial score (nSPS) is 11.0. The molecule has 1 aromatic heterocycles. The molecule has 0 saturated heterocycles. The maximum Gasteiger partial charge on any atom is 0.189 e. The molecule has 2 rings (SSSR count). The van der Waals surface area contributed by atoms with Crippen LogP contribution >= 0.6 is 0 Å². The lowest BCUT2D eigenvalue weighted by Gasteiger charge is -2.02. The van der Waals surface area contributed by atoms with Crippen molar-refractivity contribution in [2.24, 2.45) is 0 Å². The Morgan fingerprint density at radius 2 is 2.00 bits per heavy atom. The molecular formula is C17H20N2O2. The highest BCUT2D eigenvalue weighted by Gasteiger charge is 2.10. The van der Waals surface area contributed by atoms with Gasteiger partial charge in [0.05, 0.1) is 18.4 Å². The number of ether oxygens (including phenoxy) is 1. The third kappa shape index (κ3) is 3.60. The molecule has 0 unspecified atom stereocenters. The number of aromatic nitrogens is 2. The zero-order chi connectivity index (χ0) is 15.2. The van der Waals surface area contributed by atoms with Gasteiger partial charge in [-0.3, -0.25) is 9.48 Å². The van der Waals surface area contributed by atoms with E-state index in [0.29, 0.717) is 12.2 Å². The molecule has 0 saturated carbocycles.